The largest absolute Gasteiger partial charge is 0.337 e. The van der Waals surface area contributed by atoms with E-state index in [4.69, 9.17) is 0 Å². The quantitative estimate of drug-likeness (QED) is 0.724. The molecule has 4 bridgehead atoms. The van der Waals surface area contributed by atoms with Gasteiger partial charge in [0.25, 0.3) is 5.91 Å². The van der Waals surface area contributed by atoms with Crippen molar-refractivity contribution in [3.05, 3.63) is 29.3 Å². The third-order valence-electron chi connectivity index (χ3n) is 9.18. The van der Waals surface area contributed by atoms with Crippen molar-refractivity contribution in [2.45, 2.75) is 64.2 Å². The number of likely N-dealkylation sites (tertiary alicyclic amines) is 1. The van der Waals surface area contributed by atoms with Crippen LogP contribution in [0, 0.1) is 23.2 Å². The second-order valence-electron chi connectivity index (χ2n) is 11.6. The van der Waals surface area contributed by atoms with E-state index in [1.165, 1.54) is 64.5 Å². The van der Waals surface area contributed by atoms with Crippen LogP contribution >= 0.6 is 0 Å². The van der Waals surface area contributed by atoms with Gasteiger partial charge in [-0.05, 0) is 112 Å². The summed E-state index contributed by atoms with van der Waals surface area (Å²) in [4.78, 5) is 30.8. The molecule has 1 aromatic carbocycles. The molecule has 2 amide bonds. The molecule has 4 aliphatic carbocycles. The lowest BCUT2D eigenvalue weighted by Crippen LogP contribution is -2.47. The summed E-state index contributed by atoms with van der Waals surface area (Å²) in [5, 5.41) is 3.24. The minimum Gasteiger partial charge on any atom is -0.337 e. The second-order valence-corrected chi connectivity index (χ2v) is 11.6. The summed E-state index contributed by atoms with van der Waals surface area (Å²) >= 11 is 0. The van der Waals surface area contributed by atoms with Crippen LogP contribution in [0.5, 0.6) is 0 Å². The molecule has 7 rings (SSSR count). The third-order valence-corrected chi connectivity index (χ3v) is 9.18. The molecule has 2 heterocycles. The number of carbonyl (C=O) groups excluding carboxylic acids is 2. The molecule has 4 saturated carbocycles. The van der Waals surface area contributed by atoms with Crippen LogP contribution in [0.1, 0.15) is 73.7 Å². The van der Waals surface area contributed by atoms with Crippen LogP contribution in [-0.4, -0.2) is 54.3 Å². The van der Waals surface area contributed by atoms with E-state index in [0.29, 0.717) is 6.42 Å². The Kier molecular flexibility index (Phi) is 5.28. The van der Waals surface area contributed by atoms with Crippen molar-refractivity contribution in [3.8, 4) is 0 Å². The first-order valence-electron chi connectivity index (χ1n) is 13.0. The number of amides is 2. The predicted molar refractivity (Wildman–Crippen MR) is 126 cm³/mol. The molecule has 0 unspecified atom stereocenters. The third kappa shape index (κ3) is 3.87. The van der Waals surface area contributed by atoms with E-state index >= 15 is 0 Å². The minimum absolute atomic E-state index is 0.127. The Hall–Kier alpha value is -1.88. The highest BCUT2D eigenvalue weighted by atomic mass is 16.2. The van der Waals surface area contributed by atoms with Gasteiger partial charge in [0, 0.05) is 37.3 Å². The lowest BCUT2D eigenvalue weighted by atomic mass is 9.49. The van der Waals surface area contributed by atoms with E-state index in [0.717, 1.165) is 60.6 Å². The molecule has 5 heteroatoms. The fourth-order valence-corrected chi connectivity index (χ4v) is 8.22. The first-order chi connectivity index (χ1) is 15.6. The maximum Gasteiger partial charge on any atom is 0.254 e. The summed E-state index contributed by atoms with van der Waals surface area (Å²) in [5.41, 5.74) is 2.93. The Bertz CT molecular complexity index is 869. The van der Waals surface area contributed by atoms with E-state index in [9.17, 15) is 9.59 Å². The highest BCUT2D eigenvalue weighted by molar-refractivity contribution is 6.00. The molecule has 0 radical (unpaired) electrons. The van der Waals surface area contributed by atoms with E-state index in [1.54, 1.807) is 0 Å². The summed E-state index contributed by atoms with van der Waals surface area (Å²) < 4.78 is 0. The molecule has 1 aromatic rings. The minimum atomic E-state index is 0.127. The first kappa shape index (κ1) is 20.7. The molecular formula is C27H37N3O2. The Labute approximate surface area is 191 Å². The molecule has 1 saturated heterocycles. The van der Waals surface area contributed by atoms with E-state index in [-0.39, 0.29) is 17.2 Å². The van der Waals surface area contributed by atoms with Gasteiger partial charge in [-0.25, -0.2) is 0 Å². The van der Waals surface area contributed by atoms with Gasteiger partial charge in [0.15, 0.2) is 0 Å². The molecule has 5 nitrogen and oxygen atoms in total. The SMILES string of the molecule is O=C(CC12CC3CC(CC(C3)C1)C2)Nc1cccc2c1CCN(CCN1CCCC1)C2=O. The summed E-state index contributed by atoms with van der Waals surface area (Å²) in [7, 11) is 0. The predicted octanol–water partition coefficient (Wildman–Crippen LogP) is 4.33. The molecule has 6 aliphatic rings. The van der Waals surface area contributed by atoms with Crippen molar-refractivity contribution in [3.63, 3.8) is 0 Å². The Balaban J connectivity index is 1.12. The second kappa shape index (κ2) is 8.16. The maximum absolute atomic E-state index is 13.2. The highest BCUT2D eigenvalue weighted by Crippen LogP contribution is 2.61. The van der Waals surface area contributed by atoms with Gasteiger partial charge in [0.05, 0.1) is 0 Å². The normalized spacial score (nSPS) is 33.6. The summed E-state index contributed by atoms with van der Waals surface area (Å²) in [6.07, 6.45) is 12.0. The lowest BCUT2D eigenvalue weighted by molar-refractivity contribution is -0.124. The topological polar surface area (TPSA) is 52.7 Å². The van der Waals surface area contributed by atoms with Crippen molar-refractivity contribution in [2.75, 3.05) is 38.0 Å². The number of hydrogen-bond donors (Lipinski definition) is 1. The monoisotopic (exact) mass is 435 g/mol. The van der Waals surface area contributed by atoms with Gasteiger partial charge in [-0.15, -0.1) is 0 Å². The average molecular weight is 436 g/mol. The Morgan fingerprint density at radius 3 is 2.34 bits per heavy atom. The van der Waals surface area contributed by atoms with Crippen LogP contribution in [0.15, 0.2) is 18.2 Å². The van der Waals surface area contributed by atoms with Gasteiger partial charge >= 0.3 is 0 Å². The van der Waals surface area contributed by atoms with Crippen LogP contribution in [0.4, 0.5) is 5.69 Å². The van der Waals surface area contributed by atoms with Crippen LogP contribution in [-0.2, 0) is 11.2 Å². The number of nitrogens with one attached hydrogen (secondary N) is 1. The van der Waals surface area contributed by atoms with Gasteiger partial charge in [-0.2, -0.15) is 0 Å². The Morgan fingerprint density at radius 2 is 1.66 bits per heavy atom. The number of benzene rings is 1. The number of rotatable bonds is 6. The Morgan fingerprint density at radius 1 is 0.969 bits per heavy atom. The lowest BCUT2D eigenvalue weighted by Gasteiger charge is -2.56. The van der Waals surface area contributed by atoms with Gasteiger partial charge < -0.3 is 15.1 Å². The number of carbonyl (C=O) groups is 2. The van der Waals surface area contributed by atoms with Crippen molar-refractivity contribution in [1.29, 1.82) is 0 Å². The number of hydrogen-bond acceptors (Lipinski definition) is 3. The zero-order valence-corrected chi connectivity index (χ0v) is 19.3. The van der Waals surface area contributed by atoms with Crippen LogP contribution in [0.3, 0.4) is 0 Å². The van der Waals surface area contributed by atoms with Crippen LogP contribution in [0.25, 0.3) is 0 Å². The standard InChI is InChI=1S/C27H37N3O2/c31-25(18-27-15-19-12-20(16-27)14-21(13-19)17-27)28-24-5-3-4-23-22(24)6-9-30(26(23)32)11-10-29-7-1-2-8-29/h3-5,19-21H,1-2,6-18H2,(H,28,31). The highest BCUT2D eigenvalue weighted by Gasteiger charge is 2.51. The molecule has 0 atom stereocenters. The van der Waals surface area contributed by atoms with E-state index < -0.39 is 0 Å². The fraction of sp³-hybridized carbons (Fsp3) is 0.704. The number of anilines is 1. The molecule has 5 fully saturated rings. The molecular weight excluding hydrogens is 398 g/mol. The number of fused-ring (bicyclic) bond motifs is 1. The molecule has 1 N–H and O–H groups in total. The van der Waals surface area contributed by atoms with E-state index in [2.05, 4.69) is 10.2 Å². The van der Waals surface area contributed by atoms with Gasteiger partial charge in [0.2, 0.25) is 5.91 Å². The summed E-state index contributed by atoms with van der Waals surface area (Å²) in [6.45, 7) is 4.86. The molecule has 32 heavy (non-hydrogen) atoms. The fourth-order valence-electron chi connectivity index (χ4n) is 8.22. The van der Waals surface area contributed by atoms with Crippen LogP contribution in [0.2, 0.25) is 0 Å². The van der Waals surface area contributed by atoms with Crippen molar-refractivity contribution >= 4 is 17.5 Å². The maximum atomic E-state index is 13.2. The molecule has 0 aromatic heterocycles. The van der Waals surface area contributed by atoms with Crippen molar-refractivity contribution in [1.82, 2.24) is 9.80 Å². The summed E-state index contributed by atoms with van der Waals surface area (Å²) in [5.74, 6) is 2.87. The van der Waals surface area contributed by atoms with Crippen LogP contribution < -0.4 is 5.32 Å². The first-order valence-corrected chi connectivity index (χ1v) is 13.0. The van der Waals surface area contributed by atoms with Gasteiger partial charge in [-0.1, -0.05) is 6.07 Å². The molecule has 0 spiro atoms. The zero-order valence-electron chi connectivity index (χ0n) is 19.3. The van der Waals surface area contributed by atoms with Gasteiger partial charge in [0.1, 0.15) is 0 Å². The van der Waals surface area contributed by atoms with Crippen molar-refractivity contribution < 1.29 is 9.59 Å². The molecule has 2 aliphatic heterocycles. The zero-order chi connectivity index (χ0) is 21.7. The smallest absolute Gasteiger partial charge is 0.254 e. The summed E-state index contributed by atoms with van der Waals surface area (Å²) in [6, 6.07) is 5.86. The van der Waals surface area contributed by atoms with Crippen molar-refractivity contribution in [2.24, 2.45) is 23.2 Å². The number of nitrogens with zero attached hydrogens (tertiary/aromatic N) is 2. The molecule has 172 valence electrons. The average Bonchev–Trinajstić information content (AvgIpc) is 3.26. The van der Waals surface area contributed by atoms with E-state index in [1.807, 2.05) is 23.1 Å². The van der Waals surface area contributed by atoms with Gasteiger partial charge in [-0.3, -0.25) is 9.59 Å².